The highest BCUT2D eigenvalue weighted by Gasteiger charge is 2.29. The number of hydrogen-bond acceptors (Lipinski definition) is 4. The molecule has 0 radical (unpaired) electrons. The van der Waals surface area contributed by atoms with Gasteiger partial charge in [0.15, 0.2) is 6.04 Å². The Morgan fingerprint density at radius 3 is 1.84 bits per heavy atom. The average molecular weight is 354 g/mol. The van der Waals surface area contributed by atoms with Gasteiger partial charge in [0.05, 0.1) is 6.61 Å². The molecule has 25 heavy (non-hydrogen) atoms. The van der Waals surface area contributed by atoms with Gasteiger partial charge in [-0.3, -0.25) is 0 Å². The summed E-state index contributed by atoms with van der Waals surface area (Å²) in [4.78, 5) is 24.2. The van der Waals surface area contributed by atoms with Crippen molar-refractivity contribution in [3.63, 3.8) is 0 Å². The van der Waals surface area contributed by atoms with Crippen molar-refractivity contribution >= 4 is 12.1 Å². The van der Waals surface area contributed by atoms with Crippen LogP contribution in [0.4, 0.5) is 4.79 Å². The number of nitrogens with one attached hydrogen (secondary N) is 1. The fraction of sp³-hybridized carbons (Fsp3) is 0.750. The van der Waals surface area contributed by atoms with Crippen molar-refractivity contribution in [1.82, 2.24) is 5.32 Å². The van der Waals surface area contributed by atoms with E-state index in [9.17, 15) is 9.59 Å². The standard InChI is InChI=1S/C20H35NO4/c1-11-24-16(22)14(21-17(23)25-20(8,9)10)12-13-15(18(2,3)4)19(5,6)7/h12,14H,11H2,1-10H3,(H,21,23). The summed E-state index contributed by atoms with van der Waals surface area (Å²) in [7, 11) is 0. The normalized spacial score (nSPS) is 13.4. The monoisotopic (exact) mass is 353 g/mol. The number of alkyl carbamates (subject to hydrolysis) is 1. The van der Waals surface area contributed by atoms with Crippen molar-refractivity contribution in [2.75, 3.05) is 6.61 Å². The van der Waals surface area contributed by atoms with Crippen LogP contribution >= 0.6 is 0 Å². The molecule has 0 aliphatic heterocycles. The second-order valence-electron chi connectivity index (χ2n) is 9.06. The van der Waals surface area contributed by atoms with Crippen molar-refractivity contribution in [2.45, 2.75) is 80.9 Å². The Labute approximate surface area is 152 Å². The molecule has 0 bridgehead atoms. The minimum atomic E-state index is -0.950. The topological polar surface area (TPSA) is 64.6 Å². The summed E-state index contributed by atoms with van der Waals surface area (Å²) in [5, 5.41) is 2.55. The lowest BCUT2D eigenvalue weighted by Crippen LogP contribution is -2.43. The Balaban J connectivity index is 5.73. The molecule has 0 aliphatic rings. The van der Waals surface area contributed by atoms with Gasteiger partial charge in [-0.1, -0.05) is 41.5 Å². The lowest BCUT2D eigenvalue weighted by Gasteiger charge is -2.32. The maximum absolute atomic E-state index is 12.2. The summed E-state index contributed by atoms with van der Waals surface area (Å²) < 4.78 is 10.3. The molecule has 1 unspecified atom stereocenters. The highest BCUT2D eigenvalue weighted by Crippen LogP contribution is 2.38. The molecule has 144 valence electrons. The van der Waals surface area contributed by atoms with E-state index in [-0.39, 0.29) is 17.4 Å². The molecule has 1 atom stereocenters. The van der Waals surface area contributed by atoms with Crippen molar-refractivity contribution < 1.29 is 19.1 Å². The Morgan fingerprint density at radius 2 is 1.48 bits per heavy atom. The smallest absolute Gasteiger partial charge is 0.408 e. The first-order chi connectivity index (χ1) is 11.1. The van der Waals surface area contributed by atoms with Crippen LogP contribution in [0, 0.1) is 10.8 Å². The third-order valence-electron chi connectivity index (χ3n) is 3.11. The second kappa shape index (κ2) is 8.57. The Kier molecular flexibility index (Phi) is 7.98. The Bertz CT molecular complexity index is 520. The fourth-order valence-electron chi connectivity index (χ4n) is 2.56. The molecule has 0 rings (SSSR count). The number of ether oxygens (including phenoxy) is 2. The van der Waals surface area contributed by atoms with Crippen LogP contribution < -0.4 is 5.32 Å². The van der Waals surface area contributed by atoms with E-state index in [1.165, 1.54) is 0 Å². The van der Waals surface area contributed by atoms with Crippen molar-refractivity contribution in [3.8, 4) is 0 Å². The van der Waals surface area contributed by atoms with Gasteiger partial charge in [0.25, 0.3) is 0 Å². The van der Waals surface area contributed by atoms with Gasteiger partial charge in [-0.2, -0.15) is 0 Å². The molecule has 1 amide bonds. The third-order valence-corrected chi connectivity index (χ3v) is 3.11. The molecule has 0 aromatic rings. The number of esters is 1. The van der Waals surface area contributed by atoms with E-state index in [0.29, 0.717) is 0 Å². The summed E-state index contributed by atoms with van der Waals surface area (Å²) in [5.74, 6) is -0.539. The number of hydrogen-bond donors (Lipinski definition) is 1. The van der Waals surface area contributed by atoms with Gasteiger partial charge >= 0.3 is 12.1 Å². The van der Waals surface area contributed by atoms with Crippen molar-refractivity contribution in [1.29, 1.82) is 0 Å². The highest BCUT2D eigenvalue weighted by molar-refractivity contribution is 5.83. The SMILES string of the molecule is CCOC(=O)C(C=C=C(C(C)(C)C)C(C)(C)C)NC(=O)OC(C)(C)C. The minimum Gasteiger partial charge on any atom is -0.464 e. The molecular weight excluding hydrogens is 318 g/mol. The van der Waals surface area contributed by atoms with E-state index >= 15 is 0 Å². The van der Waals surface area contributed by atoms with Crippen LogP contribution in [0.2, 0.25) is 0 Å². The molecule has 0 fully saturated rings. The summed E-state index contributed by atoms with van der Waals surface area (Å²) in [6.07, 6.45) is 0.880. The van der Waals surface area contributed by atoms with Crippen molar-refractivity contribution in [3.05, 3.63) is 17.4 Å². The summed E-state index contributed by atoms with van der Waals surface area (Å²) in [6.45, 7) is 19.8. The molecule has 0 heterocycles. The maximum atomic E-state index is 12.2. The van der Waals surface area contributed by atoms with Crippen LogP contribution in [-0.2, 0) is 14.3 Å². The molecule has 0 saturated heterocycles. The quantitative estimate of drug-likeness (QED) is 0.592. The van der Waals surface area contributed by atoms with Gasteiger partial charge in [-0.25, -0.2) is 9.59 Å². The van der Waals surface area contributed by atoms with E-state index in [1.807, 2.05) is 0 Å². The van der Waals surface area contributed by atoms with Gasteiger partial charge in [0.1, 0.15) is 5.60 Å². The lowest BCUT2D eigenvalue weighted by atomic mass is 9.72. The van der Waals surface area contributed by atoms with Crippen LogP contribution in [0.25, 0.3) is 0 Å². The summed E-state index contributed by atoms with van der Waals surface area (Å²) in [5.41, 5.74) is 3.37. The van der Waals surface area contributed by atoms with Crippen LogP contribution in [0.3, 0.4) is 0 Å². The molecule has 0 aromatic carbocycles. The molecule has 5 heteroatoms. The van der Waals surface area contributed by atoms with E-state index in [0.717, 1.165) is 5.57 Å². The van der Waals surface area contributed by atoms with E-state index in [2.05, 4.69) is 52.6 Å². The number of carbonyl (C=O) groups is 2. The minimum absolute atomic E-state index is 0.125. The first kappa shape index (κ1) is 23.3. The van der Waals surface area contributed by atoms with Gasteiger partial charge in [0.2, 0.25) is 0 Å². The zero-order valence-electron chi connectivity index (χ0n) is 17.5. The van der Waals surface area contributed by atoms with Crippen molar-refractivity contribution in [2.24, 2.45) is 10.8 Å². The molecular formula is C20H35NO4. The van der Waals surface area contributed by atoms with E-state index in [4.69, 9.17) is 9.47 Å². The lowest BCUT2D eigenvalue weighted by molar-refractivity contribution is -0.144. The predicted octanol–water partition coefficient (Wildman–Crippen LogP) is 4.62. The van der Waals surface area contributed by atoms with E-state index < -0.39 is 23.7 Å². The zero-order chi connectivity index (χ0) is 20.1. The molecule has 0 aromatic heterocycles. The van der Waals surface area contributed by atoms with Crippen LogP contribution in [0.1, 0.15) is 69.2 Å². The van der Waals surface area contributed by atoms with Gasteiger partial charge in [-0.15, -0.1) is 5.73 Å². The number of amides is 1. The molecule has 5 nitrogen and oxygen atoms in total. The molecule has 0 spiro atoms. The van der Waals surface area contributed by atoms with Gasteiger partial charge in [-0.05, 0) is 50.2 Å². The number of rotatable bonds is 4. The fourth-order valence-corrected chi connectivity index (χ4v) is 2.56. The first-order valence-corrected chi connectivity index (χ1v) is 8.72. The van der Waals surface area contributed by atoms with Gasteiger partial charge < -0.3 is 14.8 Å². The zero-order valence-corrected chi connectivity index (χ0v) is 17.5. The Hall–Kier alpha value is -1.74. The third kappa shape index (κ3) is 9.35. The maximum Gasteiger partial charge on any atom is 0.408 e. The summed E-state index contributed by atoms with van der Waals surface area (Å²) in [6, 6.07) is -0.950. The number of carbonyl (C=O) groups excluding carboxylic acids is 2. The largest absolute Gasteiger partial charge is 0.464 e. The first-order valence-electron chi connectivity index (χ1n) is 8.72. The summed E-state index contributed by atoms with van der Waals surface area (Å²) >= 11 is 0. The average Bonchev–Trinajstić information content (AvgIpc) is 2.32. The predicted molar refractivity (Wildman–Crippen MR) is 100 cm³/mol. The second-order valence-corrected chi connectivity index (χ2v) is 9.06. The molecule has 0 aliphatic carbocycles. The van der Waals surface area contributed by atoms with Crippen LogP contribution in [0.15, 0.2) is 17.4 Å². The highest BCUT2D eigenvalue weighted by atomic mass is 16.6. The molecule has 1 N–H and O–H groups in total. The van der Waals surface area contributed by atoms with Crippen LogP contribution in [-0.4, -0.2) is 30.3 Å². The Morgan fingerprint density at radius 1 is 1.00 bits per heavy atom. The molecule has 0 saturated carbocycles. The van der Waals surface area contributed by atoms with E-state index in [1.54, 1.807) is 33.8 Å². The van der Waals surface area contributed by atoms with Crippen LogP contribution in [0.5, 0.6) is 0 Å². The van der Waals surface area contributed by atoms with Gasteiger partial charge in [0, 0.05) is 0 Å².